The van der Waals surface area contributed by atoms with Crippen LogP contribution in [0.2, 0.25) is 0 Å². The van der Waals surface area contributed by atoms with Crippen LogP contribution in [0, 0.1) is 19.7 Å². The molecule has 1 atom stereocenters. The van der Waals surface area contributed by atoms with Crippen LogP contribution in [0.5, 0.6) is 0 Å². The largest absolute Gasteiger partial charge is 0.363 e. The molecule has 7 nitrogen and oxygen atoms in total. The Morgan fingerprint density at radius 3 is 2.96 bits per heavy atom. The lowest BCUT2D eigenvalue weighted by atomic mass is 10.2. The zero-order valence-corrected chi connectivity index (χ0v) is 14.3. The number of rotatable bonds is 5. The summed E-state index contributed by atoms with van der Waals surface area (Å²) in [5.74, 6) is -0.179. The number of carbonyl (C=O) groups is 1. The number of primary amides is 1. The minimum absolute atomic E-state index is 0.0325. The predicted octanol–water partition coefficient (Wildman–Crippen LogP) is 1.09. The first-order valence-electron chi connectivity index (χ1n) is 8.18. The molecule has 3 N–H and O–H groups in total. The molecule has 0 saturated carbocycles. The molecule has 1 aliphatic heterocycles. The monoisotopic (exact) mass is 344 g/mol. The summed E-state index contributed by atoms with van der Waals surface area (Å²) in [6.45, 7) is 5.64. The minimum atomic E-state index is -0.635. The fraction of sp³-hybridized carbons (Fsp3) is 0.412. The predicted molar refractivity (Wildman–Crippen MR) is 91.7 cm³/mol. The lowest BCUT2D eigenvalue weighted by Gasteiger charge is -2.21. The lowest BCUT2D eigenvalue weighted by molar-refractivity contribution is 0.0990. The molecule has 0 aromatic carbocycles. The molecule has 1 amide bonds. The van der Waals surface area contributed by atoms with E-state index in [1.165, 1.54) is 6.07 Å². The third-order valence-electron chi connectivity index (χ3n) is 4.46. The summed E-state index contributed by atoms with van der Waals surface area (Å²) >= 11 is 0. The van der Waals surface area contributed by atoms with E-state index < -0.39 is 5.91 Å². The number of anilines is 1. The number of aromatic nitrogens is 3. The molecule has 2 aromatic heterocycles. The van der Waals surface area contributed by atoms with Crippen molar-refractivity contribution < 1.29 is 9.18 Å². The quantitative estimate of drug-likeness (QED) is 0.843. The number of nitrogens with one attached hydrogen (secondary N) is 1. The van der Waals surface area contributed by atoms with Crippen molar-refractivity contribution in [3.05, 3.63) is 46.9 Å². The van der Waals surface area contributed by atoms with Gasteiger partial charge in [-0.25, -0.2) is 14.4 Å². The Morgan fingerprint density at radius 2 is 2.24 bits per heavy atom. The van der Waals surface area contributed by atoms with E-state index in [0.29, 0.717) is 18.8 Å². The number of hydrogen-bond acceptors (Lipinski definition) is 6. The van der Waals surface area contributed by atoms with Crippen molar-refractivity contribution in [2.45, 2.75) is 32.9 Å². The summed E-state index contributed by atoms with van der Waals surface area (Å²) < 4.78 is 13.6. The molecule has 2 aromatic rings. The zero-order valence-electron chi connectivity index (χ0n) is 14.3. The zero-order chi connectivity index (χ0) is 18.0. The first-order chi connectivity index (χ1) is 12.0. The number of pyridine rings is 1. The van der Waals surface area contributed by atoms with Gasteiger partial charge in [-0.15, -0.1) is 0 Å². The van der Waals surface area contributed by atoms with Gasteiger partial charge in [-0.05, 0) is 32.4 Å². The molecular formula is C17H21FN6O. The molecule has 3 heterocycles. The normalized spacial score (nSPS) is 17.1. The molecule has 1 saturated heterocycles. The Bertz CT molecular complexity index is 797. The van der Waals surface area contributed by atoms with E-state index in [4.69, 9.17) is 5.73 Å². The van der Waals surface area contributed by atoms with E-state index in [1.807, 2.05) is 13.8 Å². The second-order valence-electron chi connectivity index (χ2n) is 6.19. The standard InChI is InChI=1S/C17H21FN6O/c1-10-11(2)22-16(15(19)25)23-17(10)24-7-5-12(9-24)21-8-14-13(18)4-3-6-20-14/h3-4,6,12,21H,5,7-9H2,1-2H3,(H2,19,25)/t12-/m1/s1. The Morgan fingerprint density at radius 1 is 1.44 bits per heavy atom. The van der Waals surface area contributed by atoms with Gasteiger partial charge in [0.15, 0.2) is 0 Å². The van der Waals surface area contributed by atoms with Crippen LogP contribution in [-0.2, 0) is 6.54 Å². The first-order valence-corrected chi connectivity index (χ1v) is 8.18. The molecule has 132 valence electrons. The van der Waals surface area contributed by atoms with Gasteiger partial charge in [0.05, 0.1) is 5.69 Å². The Hall–Kier alpha value is -2.61. The number of carbonyl (C=O) groups excluding carboxylic acids is 1. The average molecular weight is 344 g/mol. The summed E-state index contributed by atoms with van der Waals surface area (Å²) in [5, 5.41) is 3.33. The molecule has 1 aliphatic rings. The number of halogens is 1. The molecular weight excluding hydrogens is 323 g/mol. The van der Waals surface area contributed by atoms with Crippen molar-refractivity contribution in [1.82, 2.24) is 20.3 Å². The number of hydrogen-bond donors (Lipinski definition) is 2. The van der Waals surface area contributed by atoms with Crippen LogP contribution in [0.15, 0.2) is 18.3 Å². The summed E-state index contributed by atoms with van der Waals surface area (Å²) in [6, 6.07) is 3.17. The van der Waals surface area contributed by atoms with Crippen LogP contribution < -0.4 is 16.0 Å². The number of nitrogens with zero attached hydrogens (tertiary/aromatic N) is 4. The summed E-state index contributed by atoms with van der Waals surface area (Å²) in [6.07, 6.45) is 2.47. The molecule has 3 rings (SSSR count). The Labute approximate surface area is 145 Å². The third kappa shape index (κ3) is 3.74. The molecule has 0 aliphatic carbocycles. The van der Waals surface area contributed by atoms with Crippen molar-refractivity contribution in [1.29, 1.82) is 0 Å². The van der Waals surface area contributed by atoms with Crippen LogP contribution in [-0.4, -0.2) is 40.0 Å². The number of aryl methyl sites for hydroxylation is 1. The second kappa shape index (κ2) is 7.10. The maximum Gasteiger partial charge on any atom is 0.286 e. The molecule has 0 spiro atoms. The molecule has 25 heavy (non-hydrogen) atoms. The highest BCUT2D eigenvalue weighted by molar-refractivity contribution is 5.89. The van der Waals surface area contributed by atoms with Gasteiger partial charge in [-0.2, -0.15) is 0 Å². The van der Waals surface area contributed by atoms with Crippen molar-refractivity contribution in [3.63, 3.8) is 0 Å². The minimum Gasteiger partial charge on any atom is -0.363 e. The van der Waals surface area contributed by atoms with Crippen molar-refractivity contribution in [2.24, 2.45) is 5.73 Å². The molecule has 0 unspecified atom stereocenters. The van der Waals surface area contributed by atoms with E-state index in [9.17, 15) is 9.18 Å². The fourth-order valence-corrected chi connectivity index (χ4v) is 2.94. The van der Waals surface area contributed by atoms with Crippen LogP contribution in [0.4, 0.5) is 10.2 Å². The first kappa shape index (κ1) is 17.2. The Balaban J connectivity index is 1.69. The van der Waals surface area contributed by atoms with Gasteiger partial charge in [0.25, 0.3) is 5.91 Å². The molecule has 0 radical (unpaired) electrons. The Kier molecular flexibility index (Phi) is 4.89. The number of nitrogens with two attached hydrogens (primary N) is 1. The van der Waals surface area contributed by atoms with Crippen LogP contribution in [0.1, 0.15) is 34.0 Å². The SMILES string of the molecule is Cc1nc(C(N)=O)nc(N2CC[C@@H](NCc3ncccc3F)C2)c1C. The van der Waals surface area contributed by atoms with Crippen molar-refractivity contribution >= 4 is 11.7 Å². The smallest absolute Gasteiger partial charge is 0.286 e. The fourth-order valence-electron chi connectivity index (χ4n) is 2.94. The molecule has 1 fully saturated rings. The van der Waals surface area contributed by atoms with Crippen LogP contribution in [0.25, 0.3) is 0 Å². The summed E-state index contributed by atoms with van der Waals surface area (Å²) in [7, 11) is 0. The van der Waals surface area contributed by atoms with Gasteiger partial charge in [0, 0.05) is 43.1 Å². The third-order valence-corrected chi connectivity index (χ3v) is 4.46. The van der Waals surface area contributed by atoms with Crippen molar-refractivity contribution in [3.8, 4) is 0 Å². The van der Waals surface area contributed by atoms with Gasteiger partial charge in [-0.3, -0.25) is 9.78 Å². The van der Waals surface area contributed by atoms with E-state index in [2.05, 4.69) is 25.2 Å². The molecule has 0 bridgehead atoms. The van der Waals surface area contributed by atoms with Crippen LogP contribution in [0.3, 0.4) is 0 Å². The van der Waals surface area contributed by atoms with Gasteiger partial charge >= 0.3 is 0 Å². The molecule has 8 heteroatoms. The van der Waals surface area contributed by atoms with E-state index in [0.717, 1.165) is 30.0 Å². The highest BCUT2D eigenvalue weighted by Gasteiger charge is 2.26. The van der Waals surface area contributed by atoms with Gasteiger partial charge in [0.2, 0.25) is 5.82 Å². The maximum absolute atomic E-state index is 13.6. The maximum atomic E-state index is 13.6. The topological polar surface area (TPSA) is 97.0 Å². The van der Waals surface area contributed by atoms with E-state index in [1.54, 1.807) is 12.3 Å². The van der Waals surface area contributed by atoms with Crippen LogP contribution >= 0.6 is 0 Å². The van der Waals surface area contributed by atoms with E-state index >= 15 is 0 Å². The van der Waals surface area contributed by atoms with Gasteiger partial charge in [0.1, 0.15) is 11.6 Å². The average Bonchev–Trinajstić information content (AvgIpc) is 3.05. The lowest BCUT2D eigenvalue weighted by Crippen LogP contribution is -2.33. The summed E-state index contributed by atoms with van der Waals surface area (Å²) in [5.41, 5.74) is 7.40. The second-order valence-corrected chi connectivity index (χ2v) is 6.19. The summed E-state index contributed by atoms with van der Waals surface area (Å²) in [4.78, 5) is 26.0. The number of amides is 1. The highest BCUT2D eigenvalue weighted by atomic mass is 19.1. The highest BCUT2D eigenvalue weighted by Crippen LogP contribution is 2.24. The van der Waals surface area contributed by atoms with Gasteiger partial charge in [-0.1, -0.05) is 0 Å². The van der Waals surface area contributed by atoms with Crippen molar-refractivity contribution in [2.75, 3.05) is 18.0 Å². The van der Waals surface area contributed by atoms with Gasteiger partial charge < -0.3 is 16.0 Å². The van der Waals surface area contributed by atoms with E-state index in [-0.39, 0.29) is 17.7 Å².